The van der Waals surface area contributed by atoms with Crippen molar-refractivity contribution in [1.29, 1.82) is 0 Å². The molecule has 0 radical (unpaired) electrons. The Morgan fingerprint density at radius 1 is 1.05 bits per heavy atom. The molecule has 2 amide bonds. The largest absolute Gasteiger partial charge is 0.351 e. The molecule has 0 aromatic rings. The number of urea groups is 1. The minimum Gasteiger partial charge on any atom is -0.351 e. The van der Waals surface area contributed by atoms with Crippen molar-refractivity contribution in [3.63, 3.8) is 0 Å². The van der Waals surface area contributed by atoms with Gasteiger partial charge < -0.3 is 16.0 Å². The average Bonchev–Trinajstić information content (AvgIpc) is 2.39. The minimum absolute atomic E-state index is 0.343. The summed E-state index contributed by atoms with van der Waals surface area (Å²) in [6.07, 6.45) is 4.79. The van der Waals surface area contributed by atoms with E-state index in [0.29, 0.717) is 38.3 Å². The minimum atomic E-state index is -3.05. The summed E-state index contributed by atoms with van der Waals surface area (Å²) in [5, 5.41) is 3.59. The van der Waals surface area contributed by atoms with E-state index in [1.165, 1.54) is 6.26 Å². The van der Waals surface area contributed by atoms with Gasteiger partial charge in [0.15, 0.2) is 0 Å². The molecule has 2 fully saturated rings. The van der Waals surface area contributed by atoms with Crippen molar-refractivity contribution in [3.05, 3.63) is 0 Å². The van der Waals surface area contributed by atoms with Gasteiger partial charge in [-0.25, -0.2) is 17.5 Å². The molecule has 0 saturated carbocycles. The lowest BCUT2D eigenvalue weighted by atomic mass is 10.0. The van der Waals surface area contributed by atoms with Gasteiger partial charge in [-0.15, -0.1) is 0 Å². The smallest absolute Gasteiger partial charge is 0.314 e. The van der Waals surface area contributed by atoms with Crippen LogP contribution in [0.2, 0.25) is 0 Å². The van der Waals surface area contributed by atoms with Gasteiger partial charge in [-0.2, -0.15) is 0 Å². The first-order chi connectivity index (χ1) is 9.36. The maximum atomic E-state index is 11.4. The fraction of sp³-hybridized carbons (Fsp3) is 0.917. The topological polar surface area (TPSA) is 95.7 Å². The molecule has 2 aliphatic heterocycles. The molecule has 0 atom stereocenters. The van der Waals surface area contributed by atoms with Crippen molar-refractivity contribution in [2.45, 2.75) is 37.8 Å². The van der Waals surface area contributed by atoms with E-state index in [-0.39, 0.29) is 6.03 Å². The highest BCUT2D eigenvalue weighted by atomic mass is 32.2. The van der Waals surface area contributed by atoms with Crippen LogP contribution < -0.4 is 11.1 Å². The van der Waals surface area contributed by atoms with Crippen LogP contribution in [0.5, 0.6) is 0 Å². The van der Waals surface area contributed by atoms with Gasteiger partial charge >= 0.3 is 6.03 Å². The number of rotatable bonds is 3. The first kappa shape index (κ1) is 15.5. The number of nitrogens with zero attached hydrogens (tertiary/aromatic N) is 2. The second kappa shape index (κ2) is 6.28. The summed E-state index contributed by atoms with van der Waals surface area (Å²) in [6, 6.07) is 0.434. The van der Waals surface area contributed by atoms with Crippen LogP contribution >= 0.6 is 0 Å². The molecule has 7 nitrogen and oxygen atoms in total. The Hall–Kier alpha value is -0.860. The molecule has 0 spiro atoms. The van der Waals surface area contributed by atoms with Crippen LogP contribution in [-0.2, 0) is 10.0 Å². The van der Waals surface area contributed by atoms with Crippen molar-refractivity contribution >= 4 is 16.1 Å². The van der Waals surface area contributed by atoms with Gasteiger partial charge in [0.25, 0.3) is 0 Å². The number of sulfonamides is 1. The van der Waals surface area contributed by atoms with E-state index >= 15 is 0 Å². The molecule has 2 saturated heterocycles. The first-order valence-corrected chi connectivity index (χ1v) is 8.96. The Bertz CT molecular complexity index is 438. The highest BCUT2D eigenvalue weighted by Gasteiger charge is 2.28. The highest BCUT2D eigenvalue weighted by molar-refractivity contribution is 7.88. The van der Waals surface area contributed by atoms with Crippen molar-refractivity contribution in [2.24, 2.45) is 5.73 Å². The standard InChI is InChI=1S/C12H24N4O3S/c1-20(18,19)16-8-4-11(5-9-16)14-10-2-6-15(7-3-10)12(13)17/h10-11,14H,2-9H2,1H3,(H2,13,17). The van der Waals surface area contributed by atoms with E-state index in [0.717, 1.165) is 25.7 Å². The SMILES string of the molecule is CS(=O)(=O)N1CCC(NC2CCN(C(N)=O)CC2)CC1. The number of primary amides is 1. The molecule has 116 valence electrons. The number of carbonyl (C=O) groups excluding carboxylic acids is 1. The quantitative estimate of drug-likeness (QED) is 0.738. The number of piperidine rings is 2. The van der Waals surface area contributed by atoms with Gasteiger partial charge in [0, 0.05) is 38.3 Å². The van der Waals surface area contributed by atoms with Crippen LogP contribution in [0.4, 0.5) is 4.79 Å². The van der Waals surface area contributed by atoms with Gasteiger partial charge in [-0.05, 0) is 25.7 Å². The molecule has 0 aromatic carbocycles. The average molecular weight is 304 g/mol. The third-order valence-corrected chi connectivity index (χ3v) is 5.50. The second-order valence-electron chi connectivity index (χ2n) is 5.70. The number of hydrogen-bond acceptors (Lipinski definition) is 4. The molecule has 0 aromatic heterocycles. The van der Waals surface area contributed by atoms with Crippen LogP contribution in [0.1, 0.15) is 25.7 Å². The molecule has 2 rings (SSSR count). The van der Waals surface area contributed by atoms with Gasteiger partial charge in [0.05, 0.1) is 6.26 Å². The summed E-state index contributed by atoms with van der Waals surface area (Å²) in [6.45, 7) is 2.59. The molecule has 3 N–H and O–H groups in total. The van der Waals surface area contributed by atoms with Crippen molar-refractivity contribution in [3.8, 4) is 0 Å². The molecular formula is C12H24N4O3S. The van der Waals surface area contributed by atoms with Crippen LogP contribution in [-0.4, -0.2) is 68.2 Å². The Balaban J connectivity index is 1.73. The fourth-order valence-corrected chi connectivity index (χ4v) is 3.83. The Morgan fingerprint density at radius 2 is 1.50 bits per heavy atom. The molecule has 2 heterocycles. The van der Waals surface area contributed by atoms with Crippen LogP contribution in [0.3, 0.4) is 0 Å². The predicted octanol–water partition coefficient (Wildman–Crippen LogP) is -0.457. The van der Waals surface area contributed by atoms with Crippen molar-refractivity contribution < 1.29 is 13.2 Å². The molecular weight excluding hydrogens is 280 g/mol. The van der Waals surface area contributed by atoms with Gasteiger partial charge in [-0.3, -0.25) is 0 Å². The van der Waals surface area contributed by atoms with E-state index in [1.54, 1.807) is 9.21 Å². The summed E-state index contributed by atoms with van der Waals surface area (Å²) in [4.78, 5) is 12.7. The maximum Gasteiger partial charge on any atom is 0.314 e. The summed E-state index contributed by atoms with van der Waals surface area (Å²) in [5.74, 6) is 0. The number of nitrogens with two attached hydrogens (primary N) is 1. The number of likely N-dealkylation sites (tertiary alicyclic amines) is 1. The van der Waals surface area contributed by atoms with E-state index in [4.69, 9.17) is 5.73 Å². The van der Waals surface area contributed by atoms with E-state index in [1.807, 2.05) is 0 Å². The number of amides is 2. The highest BCUT2D eigenvalue weighted by Crippen LogP contribution is 2.17. The number of hydrogen-bond donors (Lipinski definition) is 2. The van der Waals surface area contributed by atoms with Crippen LogP contribution in [0, 0.1) is 0 Å². The lowest BCUT2D eigenvalue weighted by Crippen LogP contribution is -2.51. The number of nitrogens with one attached hydrogen (secondary N) is 1. The summed E-state index contributed by atoms with van der Waals surface area (Å²) < 4.78 is 24.4. The first-order valence-electron chi connectivity index (χ1n) is 7.12. The lowest BCUT2D eigenvalue weighted by Gasteiger charge is -2.36. The normalized spacial score (nSPS) is 23.9. The molecule has 2 aliphatic rings. The van der Waals surface area contributed by atoms with Crippen molar-refractivity contribution in [1.82, 2.24) is 14.5 Å². The van der Waals surface area contributed by atoms with Gasteiger partial charge in [-0.1, -0.05) is 0 Å². The van der Waals surface area contributed by atoms with E-state index < -0.39 is 10.0 Å². The zero-order valence-corrected chi connectivity index (χ0v) is 12.7. The van der Waals surface area contributed by atoms with E-state index in [9.17, 15) is 13.2 Å². The summed E-state index contributed by atoms with van der Waals surface area (Å²) in [7, 11) is -3.05. The fourth-order valence-electron chi connectivity index (χ4n) is 2.95. The predicted molar refractivity (Wildman–Crippen MR) is 76.8 cm³/mol. The van der Waals surface area contributed by atoms with E-state index in [2.05, 4.69) is 5.32 Å². The van der Waals surface area contributed by atoms with Crippen LogP contribution in [0.25, 0.3) is 0 Å². The zero-order valence-electron chi connectivity index (χ0n) is 11.9. The zero-order chi connectivity index (χ0) is 14.8. The molecule has 0 bridgehead atoms. The van der Waals surface area contributed by atoms with Gasteiger partial charge in [0.2, 0.25) is 10.0 Å². The summed E-state index contributed by atoms with van der Waals surface area (Å²) in [5.41, 5.74) is 5.26. The molecule has 8 heteroatoms. The third kappa shape index (κ3) is 4.07. The Morgan fingerprint density at radius 3 is 1.90 bits per heavy atom. The summed E-state index contributed by atoms with van der Waals surface area (Å²) >= 11 is 0. The van der Waals surface area contributed by atoms with Crippen LogP contribution in [0.15, 0.2) is 0 Å². The Kier molecular flexibility index (Phi) is 4.87. The molecule has 20 heavy (non-hydrogen) atoms. The molecule has 0 aliphatic carbocycles. The third-order valence-electron chi connectivity index (χ3n) is 4.20. The second-order valence-corrected chi connectivity index (χ2v) is 7.68. The Labute approximate surface area is 120 Å². The molecule has 0 unspecified atom stereocenters. The number of carbonyl (C=O) groups is 1. The lowest BCUT2D eigenvalue weighted by molar-refractivity contribution is 0.177. The van der Waals surface area contributed by atoms with Crippen molar-refractivity contribution in [2.75, 3.05) is 32.4 Å². The monoisotopic (exact) mass is 304 g/mol. The maximum absolute atomic E-state index is 11.4. The van der Waals surface area contributed by atoms with Gasteiger partial charge in [0.1, 0.15) is 0 Å².